The lowest BCUT2D eigenvalue weighted by molar-refractivity contribution is -0.138. The zero-order valence-corrected chi connectivity index (χ0v) is 15.5. The first-order valence-corrected chi connectivity index (χ1v) is 9.18. The first-order chi connectivity index (χ1) is 11.1. The van der Waals surface area contributed by atoms with Gasteiger partial charge in [-0.3, -0.25) is 14.4 Å². The number of allylic oxidation sites excluding steroid dienone is 1. The van der Waals surface area contributed by atoms with Crippen LogP contribution in [0.4, 0.5) is 0 Å². The molecule has 0 N–H and O–H groups in total. The van der Waals surface area contributed by atoms with Crippen molar-refractivity contribution in [3.8, 4) is 0 Å². The Balaban J connectivity index is 1.84. The van der Waals surface area contributed by atoms with Gasteiger partial charge in [0.2, 0.25) is 5.91 Å². The third kappa shape index (κ3) is 2.55. The lowest BCUT2D eigenvalue weighted by atomic mass is 9.49. The second-order valence-electron chi connectivity index (χ2n) is 8.88. The highest BCUT2D eigenvalue weighted by Gasteiger charge is 2.54. The van der Waals surface area contributed by atoms with Crippen LogP contribution >= 0.6 is 0 Å². The predicted octanol–water partition coefficient (Wildman–Crippen LogP) is 3.01. The molecule has 4 heteroatoms. The highest BCUT2D eigenvalue weighted by atomic mass is 16.2. The fraction of sp³-hybridized carbons (Fsp3) is 0.750. The van der Waals surface area contributed by atoms with Crippen molar-refractivity contribution in [3.05, 3.63) is 11.6 Å². The van der Waals surface area contributed by atoms with Crippen LogP contribution in [0.5, 0.6) is 0 Å². The zero-order chi connectivity index (χ0) is 17.8. The Kier molecular flexibility index (Phi) is 4.21. The number of carbonyl (C=O) groups excluding carboxylic acids is 3. The van der Waals surface area contributed by atoms with Crippen LogP contribution in [0.2, 0.25) is 0 Å². The summed E-state index contributed by atoms with van der Waals surface area (Å²) in [4.78, 5) is 39.0. The molecule has 3 aliphatic carbocycles. The number of hydrogen-bond acceptors (Lipinski definition) is 3. The van der Waals surface area contributed by atoms with Crippen molar-refractivity contribution in [2.45, 2.75) is 59.9 Å². The quantitative estimate of drug-likeness (QED) is 0.575. The molecule has 1 aliphatic heterocycles. The largest absolute Gasteiger partial charge is 0.328 e. The molecule has 1 saturated heterocycles. The summed E-state index contributed by atoms with van der Waals surface area (Å²) in [6.45, 7) is 10.6. The minimum Gasteiger partial charge on any atom is -0.328 e. The van der Waals surface area contributed by atoms with Crippen LogP contribution in [0.15, 0.2) is 11.6 Å². The Morgan fingerprint density at radius 1 is 1.33 bits per heavy atom. The van der Waals surface area contributed by atoms with Gasteiger partial charge in [0.1, 0.15) is 5.78 Å². The van der Waals surface area contributed by atoms with Crippen LogP contribution in [0, 0.1) is 29.1 Å². The van der Waals surface area contributed by atoms with Crippen molar-refractivity contribution in [1.29, 1.82) is 0 Å². The number of carbonyl (C=O) groups is 3. The average molecular weight is 331 g/mol. The predicted molar refractivity (Wildman–Crippen MR) is 92.2 cm³/mol. The van der Waals surface area contributed by atoms with E-state index in [0.29, 0.717) is 30.2 Å². The van der Waals surface area contributed by atoms with Gasteiger partial charge < -0.3 is 4.90 Å². The molecule has 0 spiro atoms. The van der Waals surface area contributed by atoms with E-state index >= 15 is 0 Å². The molecule has 4 rings (SSSR count). The monoisotopic (exact) mass is 331 g/mol. The number of rotatable bonds is 5. The first kappa shape index (κ1) is 17.4. The number of Topliss-reactive ketones (excluding diaryl/α,β-unsaturated/α-hetero) is 2. The topological polar surface area (TPSA) is 54.5 Å². The molecule has 132 valence electrons. The molecule has 2 bridgehead atoms. The van der Waals surface area contributed by atoms with Gasteiger partial charge in [-0.05, 0) is 49.4 Å². The van der Waals surface area contributed by atoms with Crippen molar-refractivity contribution in [3.63, 3.8) is 0 Å². The van der Waals surface area contributed by atoms with E-state index in [4.69, 9.17) is 0 Å². The normalized spacial score (nSPS) is 34.4. The van der Waals surface area contributed by atoms with Crippen LogP contribution in [-0.2, 0) is 14.4 Å². The molecule has 1 saturated carbocycles. The fourth-order valence-corrected chi connectivity index (χ4v) is 4.89. The van der Waals surface area contributed by atoms with Gasteiger partial charge in [-0.2, -0.15) is 0 Å². The molecule has 0 aromatic carbocycles. The van der Waals surface area contributed by atoms with E-state index in [1.54, 1.807) is 4.90 Å². The van der Waals surface area contributed by atoms with Gasteiger partial charge in [-0.25, -0.2) is 0 Å². The van der Waals surface area contributed by atoms with Crippen LogP contribution in [-0.4, -0.2) is 35.0 Å². The van der Waals surface area contributed by atoms with Crippen molar-refractivity contribution in [2.24, 2.45) is 29.1 Å². The summed E-state index contributed by atoms with van der Waals surface area (Å²) in [5, 5.41) is 0. The van der Waals surface area contributed by atoms with E-state index in [1.807, 2.05) is 0 Å². The summed E-state index contributed by atoms with van der Waals surface area (Å²) in [5.41, 5.74) is 1.59. The Morgan fingerprint density at radius 3 is 2.50 bits per heavy atom. The minimum atomic E-state index is -1.07. The molecule has 1 amide bonds. The Morgan fingerprint density at radius 2 is 2.00 bits per heavy atom. The smallest absolute Gasteiger partial charge is 0.241 e. The summed E-state index contributed by atoms with van der Waals surface area (Å²) in [6.07, 6.45) is 5.17. The van der Waals surface area contributed by atoms with Gasteiger partial charge in [0.05, 0.1) is 6.04 Å². The molecule has 2 fully saturated rings. The van der Waals surface area contributed by atoms with Gasteiger partial charge >= 0.3 is 0 Å². The second kappa shape index (κ2) is 5.82. The molecule has 24 heavy (non-hydrogen) atoms. The van der Waals surface area contributed by atoms with Gasteiger partial charge in [0.25, 0.3) is 0 Å². The van der Waals surface area contributed by atoms with Crippen molar-refractivity contribution in [2.75, 3.05) is 6.54 Å². The minimum absolute atomic E-state index is 0.191. The SMILES string of the molecule is CC(=O)C1C(=O)C(CC(C)C)N(CC2=CCC3CC2C3(C)C)C1=O. The first-order valence-electron chi connectivity index (χ1n) is 9.18. The van der Waals surface area contributed by atoms with E-state index in [0.717, 1.165) is 12.3 Å². The molecular formula is C20H29NO3. The van der Waals surface area contributed by atoms with E-state index in [9.17, 15) is 14.4 Å². The fourth-order valence-electron chi connectivity index (χ4n) is 4.89. The summed E-state index contributed by atoms with van der Waals surface area (Å²) in [6, 6.07) is -0.437. The van der Waals surface area contributed by atoms with Crippen LogP contribution < -0.4 is 0 Å². The summed E-state index contributed by atoms with van der Waals surface area (Å²) >= 11 is 0. The number of hydrogen-bond donors (Lipinski definition) is 0. The zero-order valence-electron chi connectivity index (χ0n) is 15.5. The Hall–Kier alpha value is -1.45. The van der Waals surface area contributed by atoms with Crippen molar-refractivity contribution in [1.82, 2.24) is 4.90 Å². The number of likely N-dealkylation sites (tertiary alicyclic amines) is 1. The standard InChI is InChI=1S/C20H29NO3/c1-11(2)8-16-18(23)17(12(3)22)19(24)21(16)10-13-6-7-14-9-15(13)20(14,4)5/h6,11,14-17H,7-10H2,1-5H3. The Labute approximate surface area is 144 Å². The number of ketones is 2. The summed E-state index contributed by atoms with van der Waals surface area (Å²) in [7, 11) is 0. The van der Waals surface area contributed by atoms with Gasteiger partial charge in [-0.15, -0.1) is 0 Å². The maximum absolute atomic E-state index is 12.8. The van der Waals surface area contributed by atoms with Gasteiger partial charge in [0, 0.05) is 6.54 Å². The van der Waals surface area contributed by atoms with Crippen LogP contribution in [0.1, 0.15) is 53.9 Å². The van der Waals surface area contributed by atoms with Crippen LogP contribution in [0.3, 0.4) is 0 Å². The van der Waals surface area contributed by atoms with Gasteiger partial charge in [-0.1, -0.05) is 39.3 Å². The molecule has 4 nitrogen and oxygen atoms in total. The van der Waals surface area contributed by atoms with E-state index in [2.05, 4.69) is 33.8 Å². The highest BCUT2D eigenvalue weighted by Crippen LogP contribution is 2.59. The van der Waals surface area contributed by atoms with Crippen molar-refractivity contribution < 1.29 is 14.4 Å². The molecule has 4 unspecified atom stereocenters. The number of amides is 1. The lowest BCUT2D eigenvalue weighted by Crippen LogP contribution is -2.50. The van der Waals surface area contributed by atoms with Crippen molar-refractivity contribution >= 4 is 17.5 Å². The van der Waals surface area contributed by atoms with E-state index in [1.165, 1.54) is 18.9 Å². The Bertz CT molecular complexity index is 616. The lowest BCUT2D eigenvalue weighted by Gasteiger charge is -2.57. The maximum Gasteiger partial charge on any atom is 0.241 e. The molecule has 0 aromatic heterocycles. The van der Waals surface area contributed by atoms with E-state index in [-0.39, 0.29) is 17.5 Å². The maximum atomic E-state index is 12.8. The van der Waals surface area contributed by atoms with Gasteiger partial charge in [0.15, 0.2) is 11.7 Å². The highest BCUT2D eigenvalue weighted by molar-refractivity contribution is 6.23. The molecule has 4 atom stereocenters. The third-order valence-electron chi connectivity index (χ3n) is 6.56. The number of nitrogens with zero attached hydrogens (tertiary/aromatic N) is 1. The third-order valence-corrected chi connectivity index (χ3v) is 6.56. The van der Waals surface area contributed by atoms with E-state index < -0.39 is 12.0 Å². The summed E-state index contributed by atoms with van der Waals surface area (Å²) in [5.74, 6) is -0.289. The molecule has 0 aromatic rings. The molecule has 1 heterocycles. The van der Waals surface area contributed by atoms with Crippen LogP contribution in [0.25, 0.3) is 0 Å². The summed E-state index contributed by atoms with van der Waals surface area (Å²) < 4.78 is 0. The molecule has 0 radical (unpaired) electrons. The second-order valence-corrected chi connectivity index (χ2v) is 8.88. The molecule has 4 aliphatic rings. The molecular weight excluding hydrogens is 302 g/mol. The average Bonchev–Trinajstić information content (AvgIpc) is 2.70. The number of fused-ring (bicyclic) bond motifs is 1.